The number of hydrogen-bond donors (Lipinski definition) is 0. The molecule has 27 heavy (non-hydrogen) atoms. The van der Waals surface area contributed by atoms with Gasteiger partial charge in [-0.25, -0.2) is 8.78 Å². The third-order valence-electron chi connectivity index (χ3n) is 4.78. The number of piperidine rings is 1. The fourth-order valence-corrected chi connectivity index (χ4v) is 4.13. The molecule has 3 rings (SSSR count). The van der Waals surface area contributed by atoms with Crippen LogP contribution in [0.25, 0.3) is 11.1 Å². The lowest BCUT2D eigenvalue weighted by molar-refractivity contribution is -0.144. The number of rotatable bonds is 6. The van der Waals surface area contributed by atoms with E-state index in [1.54, 1.807) is 23.3 Å². The lowest BCUT2D eigenvalue weighted by Gasteiger charge is -2.33. The smallest absolute Gasteiger partial charge is 0.306 e. The monoisotopic (exact) mass is 393 g/mol. The zero-order chi connectivity index (χ0) is 19.4. The van der Waals surface area contributed by atoms with E-state index in [0.29, 0.717) is 55.0 Å². The highest BCUT2D eigenvalue weighted by molar-refractivity contribution is 7.12. The van der Waals surface area contributed by atoms with Gasteiger partial charge in [-0.05, 0) is 60.4 Å². The van der Waals surface area contributed by atoms with Crippen LogP contribution in [-0.4, -0.2) is 32.0 Å². The van der Waals surface area contributed by atoms with Gasteiger partial charge in [0.25, 0.3) is 0 Å². The fourth-order valence-electron chi connectivity index (χ4n) is 3.42. The predicted octanol–water partition coefficient (Wildman–Crippen LogP) is 4.68. The Labute approximate surface area is 160 Å². The van der Waals surface area contributed by atoms with Crippen LogP contribution in [0.3, 0.4) is 0 Å². The molecule has 0 N–H and O–H groups in total. The topological polar surface area (TPSA) is 46.6 Å². The summed E-state index contributed by atoms with van der Waals surface area (Å²) in [6, 6.07) is 4.23. The van der Waals surface area contributed by atoms with Crippen molar-refractivity contribution in [1.82, 2.24) is 0 Å². The number of halogens is 2. The normalized spacial score (nSPS) is 15.0. The van der Waals surface area contributed by atoms with Crippen molar-refractivity contribution in [1.29, 1.82) is 0 Å². The Morgan fingerprint density at radius 3 is 2.44 bits per heavy atom. The summed E-state index contributed by atoms with van der Waals surface area (Å²) in [4.78, 5) is 24.6. The Kier molecular flexibility index (Phi) is 6.21. The molecule has 0 amide bonds. The third kappa shape index (κ3) is 4.53. The third-order valence-corrected chi connectivity index (χ3v) is 5.64. The molecule has 0 aliphatic carbocycles. The maximum Gasteiger partial charge on any atom is 0.306 e. The van der Waals surface area contributed by atoms with Gasteiger partial charge >= 0.3 is 5.97 Å². The number of benzene rings is 1. The summed E-state index contributed by atoms with van der Waals surface area (Å²) in [5, 5.41) is 1.71. The number of anilines is 1. The van der Waals surface area contributed by atoms with E-state index in [2.05, 4.69) is 0 Å². The van der Waals surface area contributed by atoms with E-state index in [1.807, 2.05) is 0 Å². The lowest BCUT2D eigenvalue weighted by Crippen LogP contribution is -2.35. The number of ether oxygens (including phenoxy) is 1. The molecule has 1 saturated heterocycles. The first-order chi connectivity index (χ1) is 13.0. The Bertz CT molecular complexity index is 805. The highest BCUT2D eigenvalue weighted by Gasteiger charge is 2.26. The van der Waals surface area contributed by atoms with E-state index in [4.69, 9.17) is 4.74 Å². The molecule has 0 spiro atoms. The van der Waals surface area contributed by atoms with Gasteiger partial charge in [-0.2, -0.15) is 0 Å². The standard InChI is InChI=1S/C20H21F2NO3S/c1-2-26-19(25)7-13-3-5-23(6-4-13)20-17(21)9-14(10-18(20)22)15-8-16(11-24)27-12-15/h8-13H,2-7H2,1H3. The first kappa shape index (κ1) is 19.5. The molecule has 0 saturated carbocycles. The molecule has 0 radical (unpaired) electrons. The first-order valence-corrected chi connectivity index (χ1v) is 9.83. The van der Waals surface area contributed by atoms with E-state index in [0.717, 1.165) is 6.29 Å². The Hall–Kier alpha value is -2.28. The van der Waals surface area contributed by atoms with Crippen LogP contribution in [0.2, 0.25) is 0 Å². The van der Waals surface area contributed by atoms with Crippen molar-refractivity contribution < 1.29 is 23.1 Å². The maximum atomic E-state index is 14.7. The number of nitrogens with zero attached hydrogens (tertiary/aromatic N) is 1. The van der Waals surface area contributed by atoms with Gasteiger partial charge in [0.2, 0.25) is 0 Å². The summed E-state index contributed by atoms with van der Waals surface area (Å²) in [7, 11) is 0. The van der Waals surface area contributed by atoms with Crippen molar-refractivity contribution in [2.75, 3.05) is 24.6 Å². The summed E-state index contributed by atoms with van der Waals surface area (Å²) in [6.07, 6.45) is 2.44. The van der Waals surface area contributed by atoms with Gasteiger partial charge in [0, 0.05) is 19.5 Å². The molecular weight excluding hydrogens is 372 g/mol. The summed E-state index contributed by atoms with van der Waals surface area (Å²) in [5.74, 6) is -1.28. The second-order valence-corrected chi connectivity index (χ2v) is 7.53. The molecule has 1 aromatic heterocycles. The van der Waals surface area contributed by atoms with Gasteiger partial charge in [-0.1, -0.05) is 0 Å². The van der Waals surface area contributed by atoms with Crippen molar-refractivity contribution >= 4 is 29.3 Å². The minimum atomic E-state index is -0.618. The molecule has 0 unspecified atom stereocenters. The summed E-state index contributed by atoms with van der Waals surface area (Å²) >= 11 is 1.24. The Morgan fingerprint density at radius 1 is 1.22 bits per heavy atom. The number of esters is 1. The van der Waals surface area contributed by atoms with Gasteiger partial charge in [-0.3, -0.25) is 9.59 Å². The van der Waals surface area contributed by atoms with Crippen LogP contribution in [0, 0.1) is 17.6 Å². The Balaban J connectivity index is 1.71. The largest absolute Gasteiger partial charge is 0.466 e. The number of carbonyl (C=O) groups excluding carboxylic acids is 2. The highest BCUT2D eigenvalue weighted by Crippen LogP contribution is 2.34. The number of carbonyl (C=O) groups is 2. The molecule has 4 nitrogen and oxygen atoms in total. The average molecular weight is 393 g/mol. The van der Waals surface area contributed by atoms with Crippen molar-refractivity contribution in [3.63, 3.8) is 0 Å². The summed E-state index contributed by atoms with van der Waals surface area (Å²) in [5.41, 5.74) is 1.01. The van der Waals surface area contributed by atoms with Gasteiger partial charge in [-0.15, -0.1) is 11.3 Å². The molecular formula is C20H21F2NO3S. The van der Waals surface area contributed by atoms with E-state index in [9.17, 15) is 18.4 Å². The molecule has 1 aliphatic rings. The van der Waals surface area contributed by atoms with Crippen molar-refractivity contribution in [2.45, 2.75) is 26.2 Å². The van der Waals surface area contributed by atoms with E-state index >= 15 is 0 Å². The van der Waals surface area contributed by atoms with Gasteiger partial charge < -0.3 is 9.64 Å². The maximum absolute atomic E-state index is 14.7. The van der Waals surface area contributed by atoms with Crippen molar-refractivity contribution in [2.24, 2.45) is 5.92 Å². The Morgan fingerprint density at radius 2 is 1.89 bits per heavy atom. The average Bonchev–Trinajstić information content (AvgIpc) is 3.12. The molecule has 0 bridgehead atoms. The van der Waals surface area contributed by atoms with Crippen LogP contribution in [0.1, 0.15) is 35.9 Å². The zero-order valence-corrected chi connectivity index (χ0v) is 15.9. The second kappa shape index (κ2) is 8.61. The van der Waals surface area contributed by atoms with E-state index in [-0.39, 0.29) is 17.6 Å². The SMILES string of the molecule is CCOC(=O)CC1CCN(c2c(F)cc(-c3csc(C=O)c3)cc2F)CC1. The molecule has 0 atom stereocenters. The number of hydrogen-bond acceptors (Lipinski definition) is 5. The lowest BCUT2D eigenvalue weighted by atomic mass is 9.93. The van der Waals surface area contributed by atoms with Crippen LogP contribution in [0.5, 0.6) is 0 Å². The van der Waals surface area contributed by atoms with Gasteiger partial charge in [0.1, 0.15) is 17.3 Å². The minimum Gasteiger partial charge on any atom is -0.466 e. The molecule has 1 aliphatic heterocycles. The van der Waals surface area contributed by atoms with E-state index < -0.39 is 11.6 Å². The molecule has 1 fully saturated rings. The molecule has 7 heteroatoms. The van der Waals surface area contributed by atoms with Crippen molar-refractivity contribution in [3.8, 4) is 11.1 Å². The molecule has 144 valence electrons. The minimum absolute atomic E-state index is 0.0285. The predicted molar refractivity (Wildman–Crippen MR) is 101 cm³/mol. The summed E-state index contributed by atoms with van der Waals surface area (Å²) in [6.45, 7) is 3.11. The fraction of sp³-hybridized carbons (Fsp3) is 0.400. The quantitative estimate of drug-likeness (QED) is 0.528. The van der Waals surface area contributed by atoms with Gasteiger partial charge in [0.15, 0.2) is 6.29 Å². The number of aldehydes is 1. The van der Waals surface area contributed by atoms with Crippen LogP contribution in [-0.2, 0) is 9.53 Å². The summed E-state index contributed by atoms with van der Waals surface area (Å²) < 4.78 is 34.3. The number of thiophene rings is 1. The van der Waals surface area contributed by atoms with Crippen LogP contribution in [0.4, 0.5) is 14.5 Å². The van der Waals surface area contributed by atoms with Crippen LogP contribution >= 0.6 is 11.3 Å². The van der Waals surface area contributed by atoms with E-state index in [1.165, 1.54) is 23.5 Å². The highest BCUT2D eigenvalue weighted by atomic mass is 32.1. The van der Waals surface area contributed by atoms with Crippen molar-refractivity contribution in [3.05, 3.63) is 40.1 Å². The first-order valence-electron chi connectivity index (χ1n) is 8.95. The zero-order valence-electron chi connectivity index (χ0n) is 15.0. The molecule has 2 heterocycles. The molecule has 1 aromatic carbocycles. The van der Waals surface area contributed by atoms with Gasteiger partial charge in [0.05, 0.1) is 11.5 Å². The second-order valence-electron chi connectivity index (χ2n) is 6.58. The molecule has 2 aromatic rings. The van der Waals surface area contributed by atoms with Crippen LogP contribution in [0.15, 0.2) is 23.6 Å². The van der Waals surface area contributed by atoms with Crippen LogP contribution < -0.4 is 4.90 Å².